The van der Waals surface area contributed by atoms with Crippen molar-refractivity contribution in [1.29, 1.82) is 0 Å². The molecule has 0 radical (unpaired) electrons. The van der Waals surface area contributed by atoms with E-state index in [0.717, 1.165) is 5.41 Å². The fraction of sp³-hybridized carbons (Fsp3) is 0.238. The molecular formula is C21H21N3O7S. The molecule has 1 N–H and O–H groups in total. The van der Waals surface area contributed by atoms with E-state index >= 15 is 0 Å². The number of nitro benzene ring substituents is 1. The van der Waals surface area contributed by atoms with E-state index in [0.29, 0.717) is 36.2 Å². The summed E-state index contributed by atoms with van der Waals surface area (Å²) in [4.78, 5) is 36.3. The minimum atomic E-state index is -3.87. The van der Waals surface area contributed by atoms with E-state index < -0.39 is 40.0 Å². The minimum Gasteiger partial charge on any atom is -0.455 e. The summed E-state index contributed by atoms with van der Waals surface area (Å²) in [5.74, 6) is -1.41. The van der Waals surface area contributed by atoms with Gasteiger partial charge < -0.3 is 9.64 Å². The van der Waals surface area contributed by atoms with Crippen molar-refractivity contribution in [1.82, 2.24) is 4.72 Å². The van der Waals surface area contributed by atoms with Gasteiger partial charge >= 0.3 is 5.97 Å². The SMILES string of the molecule is O=C(CNS(=O)(=O)/C=C/c1ccccc1)OCC(=O)N1CCCc2cc([N+](=O)[O-])ccc21. The highest BCUT2D eigenvalue weighted by molar-refractivity contribution is 7.92. The Kier molecular flexibility index (Phi) is 7.33. The second-order valence-electron chi connectivity index (χ2n) is 6.96. The number of esters is 1. The van der Waals surface area contributed by atoms with Crippen LogP contribution in [0.1, 0.15) is 17.5 Å². The number of ether oxygens (including phenoxy) is 1. The van der Waals surface area contributed by atoms with Crippen molar-refractivity contribution in [2.24, 2.45) is 0 Å². The number of carbonyl (C=O) groups excluding carboxylic acids is 2. The first-order valence-electron chi connectivity index (χ1n) is 9.71. The van der Waals surface area contributed by atoms with Crippen molar-refractivity contribution >= 4 is 39.4 Å². The number of aryl methyl sites for hydroxylation is 1. The number of fused-ring (bicyclic) bond motifs is 1. The molecule has 32 heavy (non-hydrogen) atoms. The van der Waals surface area contributed by atoms with Crippen molar-refractivity contribution in [3.63, 3.8) is 0 Å². The topological polar surface area (TPSA) is 136 Å². The van der Waals surface area contributed by atoms with Gasteiger partial charge in [-0.2, -0.15) is 0 Å². The minimum absolute atomic E-state index is 0.0573. The van der Waals surface area contributed by atoms with Crippen LogP contribution in [-0.2, 0) is 30.8 Å². The number of amides is 1. The molecule has 0 spiro atoms. The van der Waals surface area contributed by atoms with Gasteiger partial charge in [0.05, 0.1) is 4.92 Å². The predicted molar refractivity (Wildman–Crippen MR) is 117 cm³/mol. The van der Waals surface area contributed by atoms with Crippen LogP contribution in [0, 0.1) is 10.1 Å². The van der Waals surface area contributed by atoms with E-state index in [1.807, 2.05) is 0 Å². The quantitative estimate of drug-likeness (QED) is 0.362. The zero-order valence-electron chi connectivity index (χ0n) is 17.0. The molecule has 2 aromatic rings. The summed E-state index contributed by atoms with van der Waals surface area (Å²) in [6.07, 6.45) is 2.59. The number of hydrogen-bond acceptors (Lipinski definition) is 7. The number of hydrogen-bond donors (Lipinski definition) is 1. The second-order valence-corrected chi connectivity index (χ2v) is 8.61. The monoisotopic (exact) mass is 459 g/mol. The van der Waals surface area contributed by atoms with Gasteiger partial charge in [0, 0.05) is 29.8 Å². The Bertz CT molecular complexity index is 1150. The Morgan fingerprint density at radius 2 is 1.94 bits per heavy atom. The zero-order chi connectivity index (χ0) is 23.1. The van der Waals surface area contributed by atoms with Crippen LogP contribution in [0.3, 0.4) is 0 Å². The van der Waals surface area contributed by atoms with Crippen molar-refractivity contribution in [2.45, 2.75) is 12.8 Å². The molecular weight excluding hydrogens is 438 g/mol. The molecule has 0 aliphatic carbocycles. The molecule has 2 aromatic carbocycles. The normalized spacial score (nSPS) is 13.6. The predicted octanol–water partition coefficient (Wildman–Crippen LogP) is 2.01. The fourth-order valence-corrected chi connectivity index (χ4v) is 3.92. The van der Waals surface area contributed by atoms with E-state index in [1.165, 1.54) is 29.2 Å². The number of carbonyl (C=O) groups is 2. The lowest BCUT2D eigenvalue weighted by Gasteiger charge is -2.29. The lowest BCUT2D eigenvalue weighted by Crippen LogP contribution is -2.39. The highest BCUT2D eigenvalue weighted by atomic mass is 32.2. The Morgan fingerprint density at radius 1 is 1.19 bits per heavy atom. The zero-order valence-corrected chi connectivity index (χ0v) is 17.8. The second kappa shape index (κ2) is 10.2. The lowest BCUT2D eigenvalue weighted by atomic mass is 10.0. The van der Waals surface area contributed by atoms with Crippen LogP contribution in [0.2, 0.25) is 0 Å². The van der Waals surface area contributed by atoms with E-state index in [4.69, 9.17) is 4.74 Å². The fourth-order valence-electron chi connectivity index (χ4n) is 3.17. The summed E-state index contributed by atoms with van der Waals surface area (Å²) in [6, 6.07) is 13.0. The standard InChI is InChI=1S/C21H21N3O7S/c25-20(23-11-4-7-17-13-18(24(27)28)8-9-19(17)23)15-31-21(26)14-22-32(29,30)12-10-16-5-2-1-3-6-16/h1-3,5-6,8-10,12-13,22H,4,7,11,14-15H2/b12-10+. The molecule has 1 aliphatic heterocycles. The highest BCUT2D eigenvalue weighted by Gasteiger charge is 2.25. The smallest absolute Gasteiger partial charge is 0.321 e. The van der Waals surface area contributed by atoms with E-state index in [2.05, 4.69) is 4.72 Å². The van der Waals surface area contributed by atoms with Crippen LogP contribution < -0.4 is 9.62 Å². The number of non-ortho nitro benzene ring substituents is 1. The molecule has 1 amide bonds. The summed E-state index contributed by atoms with van der Waals surface area (Å²) in [6.45, 7) is -0.813. The van der Waals surface area contributed by atoms with Crippen LogP contribution in [0.25, 0.3) is 6.08 Å². The maximum absolute atomic E-state index is 12.5. The van der Waals surface area contributed by atoms with Gasteiger partial charge in [-0.25, -0.2) is 13.1 Å². The van der Waals surface area contributed by atoms with Gasteiger partial charge in [-0.3, -0.25) is 19.7 Å². The van der Waals surface area contributed by atoms with Crippen LogP contribution in [0.15, 0.2) is 53.9 Å². The van der Waals surface area contributed by atoms with Crippen LogP contribution >= 0.6 is 0 Å². The van der Waals surface area contributed by atoms with Gasteiger partial charge in [0.2, 0.25) is 10.0 Å². The molecule has 3 rings (SSSR count). The number of nitrogens with zero attached hydrogens (tertiary/aromatic N) is 2. The van der Waals surface area contributed by atoms with Gasteiger partial charge in [-0.15, -0.1) is 0 Å². The maximum Gasteiger partial charge on any atom is 0.321 e. The third-order valence-electron chi connectivity index (χ3n) is 4.71. The molecule has 11 heteroatoms. The largest absolute Gasteiger partial charge is 0.455 e. The van der Waals surface area contributed by atoms with Crippen molar-refractivity contribution in [2.75, 3.05) is 24.6 Å². The van der Waals surface area contributed by atoms with Gasteiger partial charge in [0.1, 0.15) is 6.54 Å². The molecule has 1 heterocycles. The molecule has 0 fully saturated rings. The van der Waals surface area contributed by atoms with Crippen molar-refractivity contribution in [3.05, 3.63) is 75.2 Å². The van der Waals surface area contributed by atoms with Gasteiger partial charge in [0.25, 0.3) is 11.6 Å². The number of nitrogens with one attached hydrogen (secondary N) is 1. The number of benzene rings is 2. The number of nitro groups is 1. The number of sulfonamides is 1. The van der Waals surface area contributed by atoms with E-state index in [-0.39, 0.29) is 5.69 Å². The summed E-state index contributed by atoms with van der Waals surface area (Å²) < 4.78 is 30.9. The molecule has 0 aromatic heterocycles. The molecule has 0 bridgehead atoms. The number of anilines is 1. The Hall–Kier alpha value is -3.57. The Labute approximate surface area is 184 Å². The molecule has 0 saturated heterocycles. The summed E-state index contributed by atoms with van der Waals surface area (Å²) in [7, 11) is -3.87. The lowest BCUT2D eigenvalue weighted by molar-refractivity contribution is -0.384. The first-order valence-corrected chi connectivity index (χ1v) is 11.3. The third-order valence-corrected chi connectivity index (χ3v) is 5.75. The van der Waals surface area contributed by atoms with Gasteiger partial charge in [-0.1, -0.05) is 30.3 Å². The molecule has 0 saturated carbocycles. The first kappa shape index (κ1) is 23.1. The van der Waals surface area contributed by atoms with Crippen molar-refractivity contribution in [3.8, 4) is 0 Å². The highest BCUT2D eigenvalue weighted by Crippen LogP contribution is 2.30. The summed E-state index contributed by atoms with van der Waals surface area (Å²) in [5, 5.41) is 11.9. The maximum atomic E-state index is 12.5. The first-order chi connectivity index (χ1) is 15.2. The third kappa shape index (κ3) is 6.22. The number of rotatable bonds is 8. The molecule has 1 aliphatic rings. The van der Waals surface area contributed by atoms with E-state index in [1.54, 1.807) is 30.3 Å². The average molecular weight is 459 g/mol. The van der Waals surface area contributed by atoms with E-state index in [9.17, 15) is 28.1 Å². The molecule has 10 nitrogen and oxygen atoms in total. The van der Waals surface area contributed by atoms with Crippen molar-refractivity contribution < 1.29 is 27.7 Å². The average Bonchev–Trinajstić information content (AvgIpc) is 2.80. The molecule has 0 atom stereocenters. The Morgan fingerprint density at radius 3 is 2.66 bits per heavy atom. The molecule has 168 valence electrons. The van der Waals surface area contributed by atoms with Crippen LogP contribution in [0.5, 0.6) is 0 Å². The van der Waals surface area contributed by atoms with Crippen LogP contribution in [0.4, 0.5) is 11.4 Å². The summed E-state index contributed by atoms with van der Waals surface area (Å²) >= 11 is 0. The van der Waals surface area contributed by atoms with Crippen LogP contribution in [-0.4, -0.2) is 44.9 Å². The van der Waals surface area contributed by atoms with Gasteiger partial charge in [-0.05, 0) is 36.1 Å². The molecule has 0 unspecified atom stereocenters. The summed E-state index contributed by atoms with van der Waals surface area (Å²) in [5.41, 5.74) is 1.83. The Balaban J connectivity index is 1.52. The van der Waals surface area contributed by atoms with Gasteiger partial charge in [0.15, 0.2) is 6.61 Å².